The second-order valence-corrected chi connectivity index (χ2v) is 4.82. The van der Waals surface area contributed by atoms with E-state index in [1.165, 1.54) is 11.1 Å². The van der Waals surface area contributed by atoms with Crippen molar-refractivity contribution in [1.82, 2.24) is 15.1 Å². The number of halogens is 1. The van der Waals surface area contributed by atoms with E-state index >= 15 is 0 Å². The Hall–Kier alpha value is -1.32. The Kier molecular flexibility index (Phi) is 4.79. The van der Waals surface area contributed by atoms with Crippen LogP contribution < -0.4 is 5.32 Å². The van der Waals surface area contributed by atoms with Crippen molar-refractivity contribution in [2.75, 3.05) is 13.6 Å². The highest BCUT2D eigenvalue weighted by atomic mass is 35.5. The molecule has 18 heavy (non-hydrogen) atoms. The summed E-state index contributed by atoms with van der Waals surface area (Å²) in [5, 5.41) is 8.30. The number of nitrogens with one attached hydrogen (secondary N) is 1. The summed E-state index contributed by atoms with van der Waals surface area (Å²) in [5.41, 5.74) is 2.50. The van der Waals surface area contributed by atoms with Gasteiger partial charge in [0.1, 0.15) is 0 Å². The second-order valence-electron chi connectivity index (χ2n) is 4.38. The Balaban J connectivity index is 1.91. The minimum atomic E-state index is 0.770. The zero-order valence-corrected chi connectivity index (χ0v) is 11.3. The van der Waals surface area contributed by atoms with E-state index in [9.17, 15) is 0 Å². The van der Waals surface area contributed by atoms with Crippen LogP contribution in [-0.2, 0) is 13.0 Å². The molecule has 0 spiro atoms. The molecule has 1 aromatic carbocycles. The van der Waals surface area contributed by atoms with Crippen molar-refractivity contribution >= 4 is 11.6 Å². The number of benzene rings is 1. The molecule has 1 aromatic heterocycles. The van der Waals surface area contributed by atoms with E-state index in [-0.39, 0.29) is 0 Å². The van der Waals surface area contributed by atoms with Gasteiger partial charge < -0.3 is 5.32 Å². The molecular weight excluding hydrogens is 246 g/mol. The van der Waals surface area contributed by atoms with E-state index in [4.69, 9.17) is 11.6 Å². The maximum Gasteiger partial charge on any atom is 0.0659 e. The molecule has 0 aliphatic heterocycles. The van der Waals surface area contributed by atoms with Gasteiger partial charge in [-0.2, -0.15) is 5.10 Å². The number of nitrogens with zero attached hydrogens (tertiary/aromatic N) is 2. The van der Waals surface area contributed by atoms with E-state index in [2.05, 4.69) is 16.6 Å². The van der Waals surface area contributed by atoms with Gasteiger partial charge in [0, 0.05) is 11.2 Å². The summed E-state index contributed by atoms with van der Waals surface area (Å²) in [5.74, 6) is 0. The molecular formula is C14H18ClN3. The van der Waals surface area contributed by atoms with Crippen LogP contribution in [0, 0.1) is 0 Å². The van der Waals surface area contributed by atoms with Crippen molar-refractivity contribution in [2.45, 2.75) is 19.4 Å². The quantitative estimate of drug-likeness (QED) is 0.813. The van der Waals surface area contributed by atoms with Crippen LogP contribution in [0.25, 0.3) is 0 Å². The molecule has 0 amide bonds. The van der Waals surface area contributed by atoms with Crippen LogP contribution in [0.15, 0.2) is 36.7 Å². The van der Waals surface area contributed by atoms with Gasteiger partial charge in [-0.25, -0.2) is 0 Å². The fourth-order valence-electron chi connectivity index (χ4n) is 1.87. The molecule has 0 bridgehead atoms. The van der Waals surface area contributed by atoms with Crippen LogP contribution in [-0.4, -0.2) is 23.4 Å². The first-order chi connectivity index (χ1) is 8.78. The summed E-state index contributed by atoms with van der Waals surface area (Å²) in [6.45, 7) is 1.84. The maximum absolute atomic E-state index is 5.86. The average Bonchev–Trinajstić information content (AvgIpc) is 2.80. The maximum atomic E-state index is 5.86. The van der Waals surface area contributed by atoms with Gasteiger partial charge in [-0.15, -0.1) is 0 Å². The molecule has 0 unspecified atom stereocenters. The number of hydrogen-bond donors (Lipinski definition) is 1. The van der Waals surface area contributed by atoms with Crippen LogP contribution in [0.3, 0.4) is 0 Å². The lowest BCUT2D eigenvalue weighted by Crippen LogP contribution is -2.08. The topological polar surface area (TPSA) is 29.9 Å². The third kappa shape index (κ3) is 3.86. The van der Waals surface area contributed by atoms with Gasteiger partial charge in [-0.3, -0.25) is 4.68 Å². The molecule has 0 aliphatic rings. The van der Waals surface area contributed by atoms with E-state index in [0.717, 1.165) is 31.0 Å². The molecule has 0 aliphatic carbocycles. The lowest BCUT2D eigenvalue weighted by molar-refractivity contribution is 0.684. The summed E-state index contributed by atoms with van der Waals surface area (Å²) in [7, 11) is 1.98. The smallest absolute Gasteiger partial charge is 0.0659 e. The molecule has 4 heteroatoms. The third-order valence-corrected chi connectivity index (χ3v) is 3.09. The first-order valence-corrected chi connectivity index (χ1v) is 6.56. The summed E-state index contributed by atoms with van der Waals surface area (Å²) < 4.78 is 1.97. The molecule has 0 saturated carbocycles. The zero-order chi connectivity index (χ0) is 12.8. The second kappa shape index (κ2) is 6.57. The van der Waals surface area contributed by atoms with Crippen molar-refractivity contribution in [3.05, 3.63) is 52.8 Å². The predicted octanol–water partition coefficient (Wildman–Crippen LogP) is 2.74. The lowest BCUT2D eigenvalue weighted by atomic mass is 10.2. The monoisotopic (exact) mass is 263 g/mol. The van der Waals surface area contributed by atoms with E-state index in [1.54, 1.807) is 0 Å². The average molecular weight is 264 g/mol. The fraction of sp³-hybridized carbons (Fsp3) is 0.357. The van der Waals surface area contributed by atoms with E-state index in [0.29, 0.717) is 0 Å². The first-order valence-electron chi connectivity index (χ1n) is 6.18. The molecule has 0 saturated heterocycles. The Morgan fingerprint density at radius 3 is 2.72 bits per heavy atom. The summed E-state index contributed by atoms with van der Waals surface area (Å²) in [4.78, 5) is 0. The minimum Gasteiger partial charge on any atom is -0.320 e. The Bertz CT molecular complexity index is 476. The molecule has 0 atom stereocenters. The molecule has 0 radical (unpaired) electrons. The molecule has 1 heterocycles. The highest BCUT2D eigenvalue weighted by molar-refractivity contribution is 6.30. The van der Waals surface area contributed by atoms with E-state index < -0.39 is 0 Å². The number of aryl methyl sites for hydroxylation is 1. The SMILES string of the molecule is CNCCCc1cnn(Cc2ccc(Cl)cc2)c1. The van der Waals surface area contributed by atoms with Crippen molar-refractivity contribution in [1.29, 1.82) is 0 Å². The number of rotatable bonds is 6. The van der Waals surface area contributed by atoms with Gasteiger partial charge >= 0.3 is 0 Å². The van der Waals surface area contributed by atoms with Gasteiger partial charge in [0.25, 0.3) is 0 Å². The predicted molar refractivity (Wildman–Crippen MR) is 75.0 cm³/mol. The minimum absolute atomic E-state index is 0.770. The molecule has 2 rings (SSSR count). The molecule has 96 valence electrons. The van der Waals surface area contributed by atoms with Crippen LogP contribution in [0.5, 0.6) is 0 Å². The fourth-order valence-corrected chi connectivity index (χ4v) is 1.99. The number of aromatic nitrogens is 2. The van der Waals surface area contributed by atoms with Crippen LogP contribution in [0.4, 0.5) is 0 Å². The lowest BCUT2D eigenvalue weighted by Gasteiger charge is -2.01. The van der Waals surface area contributed by atoms with Crippen LogP contribution in [0.2, 0.25) is 5.02 Å². The highest BCUT2D eigenvalue weighted by Gasteiger charge is 2.00. The Morgan fingerprint density at radius 2 is 2.00 bits per heavy atom. The van der Waals surface area contributed by atoms with Crippen molar-refractivity contribution in [3.8, 4) is 0 Å². The van der Waals surface area contributed by atoms with Gasteiger partial charge in [-0.1, -0.05) is 23.7 Å². The summed E-state index contributed by atoms with van der Waals surface area (Å²) in [6.07, 6.45) is 6.28. The molecule has 3 nitrogen and oxygen atoms in total. The normalized spacial score (nSPS) is 10.8. The highest BCUT2D eigenvalue weighted by Crippen LogP contribution is 2.11. The molecule has 1 N–H and O–H groups in total. The number of hydrogen-bond acceptors (Lipinski definition) is 2. The zero-order valence-electron chi connectivity index (χ0n) is 10.6. The van der Waals surface area contributed by atoms with Gasteiger partial charge in [0.2, 0.25) is 0 Å². The van der Waals surface area contributed by atoms with Gasteiger partial charge in [-0.05, 0) is 49.7 Å². The summed E-state index contributed by atoms with van der Waals surface area (Å²) >= 11 is 5.86. The van der Waals surface area contributed by atoms with Crippen molar-refractivity contribution in [3.63, 3.8) is 0 Å². The van der Waals surface area contributed by atoms with E-state index in [1.807, 2.05) is 42.2 Å². The first kappa shape index (κ1) is 13.1. The Labute approximate surface area is 113 Å². The summed E-state index contributed by atoms with van der Waals surface area (Å²) in [6, 6.07) is 7.89. The van der Waals surface area contributed by atoms with Crippen LogP contribution >= 0.6 is 11.6 Å². The standard InChI is InChI=1S/C14H18ClN3/c1-16-8-2-3-13-9-17-18(11-13)10-12-4-6-14(15)7-5-12/h4-7,9,11,16H,2-3,8,10H2,1H3. The van der Waals surface area contributed by atoms with Crippen molar-refractivity contribution < 1.29 is 0 Å². The Morgan fingerprint density at radius 1 is 1.22 bits per heavy atom. The van der Waals surface area contributed by atoms with Crippen LogP contribution in [0.1, 0.15) is 17.5 Å². The van der Waals surface area contributed by atoms with Gasteiger partial charge in [0.05, 0.1) is 12.7 Å². The largest absolute Gasteiger partial charge is 0.320 e. The molecule has 0 fully saturated rings. The molecule has 2 aromatic rings. The van der Waals surface area contributed by atoms with Crippen molar-refractivity contribution in [2.24, 2.45) is 0 Å². The third-order valence-electron chi connectivity index (χ3n) is 2.84. The van der Waals surface area contributed by atoms with Gasteiger partial charge in [0.15, 0.2) is 0 Å².